The molecule has 0 bridgehead atoms. The highest BCUT2D eigenvalue weighted by atomic mass is 16.2. The van der Waals surface area contributed by atoms with Gasteiger partial charge < -0.3 is 10.2 Å². The minimum absolute atomic E-state index is 0.106. The number of aromatic nitrogens is 2. The maximum atomic E-state index is 13.1. The molecule has 1 saturated carbocycles. The largest absolute Gasteiger partial charge is 0.347 e. The molecule has 2 amide bonds. The molecule has 2 fully saturated rings. The number of carbonyl (C=O) groups is 3. The Hall–Kier alpha value is -3.09. The first-order chi connectivity index (χ1) is 13.6. The molecule has 2 atom stereocenters. The second kappa shape index (κ2) is 7.88. The van der Waals surface area contributed by atoms with Crippen molar-refractivity contribution < 1.29 is 14.4 Å². The molecule has 2 heterocycles. The number of nitrogens with zero attached hydrogens (tertiary/aromatic N) is 3. The van der Waals surface area contributed by atoms with Gasteiger partial charge in [-0.05, 0) is 31.2 Å². The van der Waals surface area contributed by atoms with Gasteiger partial charge in [0.2, 0.25) is 11.7 Å². The van der Waals surface area contributed by atoms with Gasteiger partial charge in [0.25, 0.3) is 5.91 Å². The van der Waals surface area contributed by atoms with Gasteiger partial charge in [-0.25, -0.2) is 9.97 Å². The van der Waals surface area contributed by atoms with Crippen LogP contribution in [-0.2, 0) is 20.8 Å². The summed E-state index contributed by atoms with van der Waals surface area (Å²) in [5, 5.41) is 2.75. The SMILES string of the molecule is O=C(NC1CC1)C(=O)[C@@H]1CN(c2cncnc2)C(=O)[C@H]1CCc1ccccc1. The fourth-order valence-electron chi connectivity index (χ4n) is 3.66. The summed E-state index contributed by atoms with van der Waals surface area (Å²) in [5.41, 5.74) is 1.65. The van der Waals surface area contributed by atoms with Crippen molar-refractivity contribution >= 4 is 23.3 Å². The molecule has 1 aliphatic carbocycles. The zero-order valence-corrected chi connectivity index (χ0v) is 15.5. The molecular weight excluding hydrogens is 356 g/mol. The molecule has 2 aromatic rings. The van der Waals surface area contributed by atoms with E-state index in [-0.39, 0.29) is 18.5 Å². The van der Waals surface area contributed by atoms with Crippen molar-refractivity contribution in [1.29, 1.82) is 0 Å². The quantitative estimate of drug-likeness (QED) is 0.738. The molecule has 1 saturated heterocycles. The second-order valence-electron chi connectivity index (χ2n) is 7.39. The van der Waals surface area contributed by atoms with E-state index >= 15 is 0 Å². The van der Waals surface area contributed by atoms with E-state index in [1.807, 2.05) is 30.3 Å². The lowest BCUT2D eigenvalue weighted by Crippen LogP contribution is -2.39. The van der Waals surface area contributed by atoms with Crippen LogP contribution in [0.5, 0.6) is 0 Å². The molecule has 7 heteroatoms. The van der Waals surface area contributed by atoms with Crippen molar-refractivity contribution in [3.63, 3.8) is 0 Å². The van der Waals surface area contributed by atoms with Gasteiger partial charge in [0.05, 0.1) is 29.9 Å². The zero-order valence-electron chi connectivity index (χ0n) is 15.5. The van der Waals surface area contributed by atoms with E-state index in [9.17, 15) is 14.4 Å². The number of nitrogens with one attached hydrogen (secondary N) is 1. The molecule has 1 aromatic carbocycles. The molecule has 1 aliphatic heterocycles. The van der Waals surface area contributed by atoms with Gasteiger partial charge in [0, 0.05) is 12.6 Å². The van der Waals surface area contributed by atoms with Gasteiger partial charge in [-0.3, -0.25) is 14.4 Å². The Balaban J connectivity index is 1.53. The highest BCUT2D eigenvalue weighted by Crippen LogP contribution is 2.33. The molecule has 0 radical (unpaired) electrons. The Kier molecular flexibility index (Phi) is 5.14. The molecule has 0 spiro atoms. The van der Waals surface area contributed by atoms with Crippen LogP contribution in [0.4, 0.5) is 5.69 Å². The van der Waals surface area contributed by atoms with Crippen LogP contribution in [0, 0.1) is 11.8 Å². The maximum absolute atomic E-state index is 13.1. The van der Waals surface area contributed by atoms with Crippen molar-refractivity contribution in [3.8, 4) is 0 Å². The predicted molar refractivity (Wildman–Crippen MR) is 102 cm³/mol. The minimum Gasteiger partial charge on any atom is -0.347 e. The van der Waals surface area contributed by atoms with E-state index in [1.54, 1.807) is 12.4 Å². The number of rotatable bonds is 7. The third-order valence-electron chi connectivity index (χ3n) is 5.37. The van der Waals surface area contributed by atoms with Crippen molar-refractivity contribution in [1.82, 2.24) is 15.3 Å². The predicted octanol–water partition coefficient (Wildman–Crippen LogP) is 1.54. The summed E-state index contributed by atoms with van der Waals surface area (Å²) in [6, 6.07) is 9.94. The third kappa shape index (κ3) is 3.93. The fourth-order valence-corrected chi connectivity index (χ4v) is 3.66. The first-order valence-electron chi connectivity index (χ1n) is 9.58. The van der Waals surface area contributed by atoms with E-state index in [0.29, 0.717) is 18.5 Å². The lowest BCUT2D eigenvalue weighted by Gasteiger charge is -2.15. The van der Waals surface area contributed by atoms with Gasteiger partial charge in [0.1, 0.15) is 6.33 Å². The van der Waals surface area contributed by atoms with Crippen LogP contribution in [0.25, 0.3) is 0 Å². The van der Waals surface area contributed by atoms with Crippen LogP contribution in [0.15, 0.2) is 49.1 Å². The smallest absolute Gasteiger partial charge is 0.287 e. The van der Waals surface area contributed by atoms with Crippen molar-refractivity contribution in [2.75, 3.05) is 11.4 Å². The molecule has 1 aromatic heterocycles. The number of ketones is 1. The number of carbonyl (C=O) groups excluding carboxylic acids is 3. The highest BCUT2D eigenvalue weighted by Gasteiger charge is 2.46. The van der Waals surface area contributed by atoms with Crippen molar-refractivity contribution in [3.05, 3.63) is 54.6 Å². The molecule has 0 unspecified atom stereocenters. The molecule has 2 aliphatic rings. The van der Waals surface area contributed by atoms with Crippen molar-refractivity contribution in [2.45, 2.75) is 31.7 Å². The first-order valence-corrected chi connectivity index (χ1v) is 9.58. The average Bonchev–Trinajstić information content (AvgIpc) is 3.48. The number of benzene rings is 1. The lowest BCUT2D eigenvalue weighted by molar-refractivity contribution is -0.141. The number of amides is 2. The standard InChI is InChI=1S/C21H22N4O3/c26-19(20(27)24-15-7-8-15)18-12-25(16-10-22-13-23-11-16)21(28)17(18)9-6-14-4-2-1-3-5-14/h1-5,10-11,13,15,17-18H,6-9,12H2,(H,24,27)/t17-,18+/m0/s1. The minimum atomic E-state index is -0.657. The Morgan fingerprint density at radius 2 is 1.82 bits per heavy atom. The van der Waals surface area contributed by atoms with Gasteiger partial charge >= 0.3 is 0 Å². The number of Topliss-reactive ketones (excluding diaryl/α,β-unsaturated/α-hetero) is 1. The number of anilines is 1. The van der Waals surface area contributed by atoms with Gasteiger partial charge in [0.15, 0.2) is 0 Å². The van der Waals surface area contributed by atoms with E-state index < -0.39 is 23.5 Å². The molecule has 28 heavy (non-hydrogen) atoms. The molecule has 7 nitrogen and oxygen atoms in total. The molecule has 1 N–H and O–H groups in total. The monoisotopic (exact) mass is 378 g/mol. The Bertz CT molecular complexity index is 868. The summed E-state index contributed by atoms with van der Waals surface area (Å²) in [6.07, 6.45) is 7.50. The Morgan fingerprint density at radius 3 is 2.50 bits per heavy atom. The molecule has 144 valence electrons. The first kappa shape index (κ1) is 18.3. The normalized spacial score (nSPS) is 21.6. The maximum Gasteiger partial charge on any atom is 0.287 e. The van der Waals surface area contributed by atoms with E-state index in [0.717, 1.165) is 18.4 Å². The van der Waals surface area contributed by atoms with Crippen LogP contribution in [0.1, 0.15) is 24.8 Å². The summed E-state index contributed by atoms with van der Waals surface area (Å²) in [4.78, 5) is 47.7. The van der Waals surface area contributed by atoms with E-state index in [4.69, 9.17) is 0 Å². The Morgan fingerprint density at radius 1 is 1.11 bits per heavy atom. The number of hydrogen-bond donors (Lipinski definition) is 1. The van der Waals surface area contributed by atoms with Gasteiger partial charge in [-0.2, -0.15) is 0 Å². The van der Waals surface area contributed by atoms with E-state index in [1.165, 1.54) is 11.2 Å². The summed E-state index contributed by atoms with van der Waals surface area (Å²) >= 11 is 0. The van der Waals surface area contributed by atoms with Gasteiger partial charge in [-0.1, -0.05) is 30.3 Å². The Labute approximate surface area is 163 Å². The van der Waals surface area contributed by atoms with Crippen LogP contribution in [0.2, 0.25) is 0 Å². The van der Waals surface area contributed by atoms with Crippen LogP contribution >= 0.6 is 0 Å². The molecular formula is C21H22N4O3. The summed E-state index contributed by atoms with van der Waals surface area (Å²) < 4.78 is 0. The molecule has 4 rings (SSSR count). The van der Waals surface area contributed by atoms with Crippen LogP contribution in [0.3, 0.4) is 0 Å². The second-order valence-corrected chi connectivity index (χ2v) is 7.39. The number of hydrogen-bond acceptors (Lipinski definition) is 5. The van der Waals surface area contributed by atoms with Gasteiger partial charge in [-0.15, -0.1) is 0 Å². The summed E-state index contributed by atoms with van der Waals surface area (Å²) in [6.45, 7) is 0.183. The lowest BCUT2D eigenvalue weighted by atomic mass is 9.86. The van der Waals surface area contributed by atoms with Crippen molar-refractivity contribution in [2.24, 2.45) is 11.8 Å². The summed E-state index contributed by atoms with van der Waals surface area (Å²) in [5.74, 6) is -2.41. The van der Waals surface area contributed by atoms with E-state index in [2.05, 4.69) is 15.3 Å². The van der Waals surface area contributed by atoms with Crippen LogP contribution < -0.4 is 10.2 Å². The topological polar surface area (TPSA) is 92.3 Å². The highest BCUT2D eigenvalue weighted by molar-refractivity contribution is 6.38. The zero-order chi connectivity index (χ0) is 19.5. The summed E-state index contributed by atoms with van der Waals surface area (Å²) in [7, 11) is 0. The number of aryl methyl sites for hydroxylation is 1. The van der Waals surface area contributed by atoms with Crippen LogP contribution in [-0.4, -0.2) is 40.2 Å². The fraction of sp³-hybridized carbons (Fsp3) is 0.381. The third-order valence-corrected chi connectivity index (χ3v) is 5.37. The average molecular weight is 378 g/mol.